The number of ether oxygens (including phenoxy) is 1. The number of carbonyl (C=O) groups is 1. The van der Waals surface area contributed by atoms with Crippen LogP contribution in [0, 0.1) is 6.92 Å². The average Bonchev–Trinajstić information content (AvgIpc) is 2.74. The Morgan fingerprint density at radius 3 is 2.82 bits per heavy atom. The van der Waals surface area contributed by atoms with Crippen molar-refractivity contribution in [2.45, 2.75) is 32.4 Å². The summed E-state index contributed by atoms with van der Waals surface area (Å²) in [5, 5.41) is 14.5. The number of rotatable bonds is 4. The number of carbonyl (C=O) groups excluding carboxylic acids is 1. The fourth-order valence-electron chi connectivity index (χ4n) is 2.16. The molecule has 0 fully saturated rings. The molecule has 1 heterocycles. The van der Waals surface area contributed by atoms with Gasteiger partial charge in [-0.25, -0.2) is 8.78 Å². The van der Waals surface area contributed by atoms with E-state index in [4.69, 9.17) is 16.3 Å². The quantitative estimate of drug-likeness (QED) is 0.922. The lowest BCUT2D eigenvalue weighted by atomic mass is 10.1. The first-order valence-corrected chi connectivity index (χ1v) is 6.88. The molecule has 1 amide bonds. The number of halogens is 3. The summed E-state index contributed by atoms with van der Waals surface area (Å²) < 4.78 is 31.3. The lowest BCUT2D eigenvalue weighted by Crippen LogP contribution is -2.52. The zero-order valence-corrected chi connectivity index (χ0v) is 12.8. The van der Waals surface area contributed by atoms with Gasteiger partial charge in [0.1, 0.15) is 5.75 Å². The van der Waals surface area contributed by atoms with Crippen LogP contribution in [-0.2, 0) is 4.79 Å². The highest BCUT2D eigenvalue weighted by atomic mass is 35.5. The largest absolute Gasteiger partial charge is 0.483 e. The molecule has 0 unspecified atom stereocenters. The minimum atomic E-state index is -3.13. The lowest BCUT2D eigenvalue weighted by Gasteiger charge is -2.29. The third-order valence-electron chi connectivity index (χ3n) is 3.23. The second-order valence-corrected chi connectivity index (χ2v) is 5.53. The first-order valence-electron chi connectivity index (χ1n) is 6.50. The molecule has 0 spiro atoms. The van der Waals surface area contributed by atoms with Crippen LogP contribution in [-0.4, -0.2) is 40.5 Å². The fraction of sp³-hybridized carbons (Fsp3) is 0.429. The van der Waals surface area contributed by atoms with Crippen molar-refractivity contribution in [1.29, 1.82) is 0 Å². The van der Waals surface area contributed by atoms with Crippen molar-refractivity contribution >= 4 is 23.2 Å². The summed E-state index contributed by atoms with van der Waals surface area (Å²) in [6, 6.07) is 4.81. The van der Waals surface area contributed by atoms with E-state index in [2.05, 4.69) is 5.10 Å². The number of aryl methyl sites for hydroxylation is 1. The van der Waals surface area contributed by atoms with E-state index < -0.39 is 31.1 Å². The maximum atomic E-state index is 13.0. The second-order valence-electron chi connectivity index (χ2n) is 5.10. The van der Waals surface area contributed by atoms with Crippen molar-refractivity contribution in [3.63, 3.8) is 0 Å². The van der Waals surface area contributed by atoms with Gasteiger partial charge in [-0.15, -0.1) is 0 Å². The average molecular weight is 333 g/mol. The Labute approximate surface area is 131 Å². The van der Waals surface area contributed by atoms with Crippen molar-refractivity contribution in [3.8, 4) is 5.75 Å². The second kappa shape index (κ2) is 6.18. The number of aliphatic hydroxyl groups is 1. The minimum Gasteiger partial charge on any atom is -0.483 e. The molecule has 0 radical (unpaired) electrons. The molecule has 0 saturated carbocycles. The van der Waals surface area contributed by atoms with Gasteiger partial charge < -0.3 is 9.84 Å². The van der Waals surface area contributed by atoms with Gasteiger partial charge in [-0.1, -0.05) is 11.6 Å². The third-order valence-corrected chi connectivity index (χ3v) is 3.46. The van der Waals surface area contributed by atoms with Gasteiger partial charge in [0.25, 0.3) is 12.3 Å². The van der Waals surface area contributed by atoms with Gasteiger partial charge >= 0.3 is 0 Å². The van der Waals surface area contributed by atoms with Gasteiger partial charge in [0.2, 0.25) is 5.72 Å². The van der Waals surface area contributed by atoms with Gasteiger partial charge in [0.15, 0.2) is 6.61 Å². The summed E-state index contributed by atoms with van der Waals surface area (Å²) >= 11 is 5.81. The van der Waals surface area contributed by atoms with Crippen LogP contribution in [0.5, 0.6) is 5.75 Å². The standard InChI is InChI=1S/C14H15ClF2N2O3/c1-8-5-10(15)3-4-11(8)22-7-12(20)19-14(21,13(16)17)6-9(2)18-19/h3-5,13,21H,6-7H2,1-2H3/t14-/m0/s1. The molecule has 1 aromatic rings. The number of hydrogen-bond donors (Lipinski definition) is 1. The van der Waals surface area contributed by atoms with E-state index >= 15 is 0 Å². The van der Waals surface area contributed by atoms with Gasteiger partial charge in [0.05, 0.1) is 0 Å². The van der Waals surface area contributed by atoms with E-state index in [1.807, 2.05) is 0 Å². The van der Waals surface area contributed by atoms with E-state index in [0.29, 0.717) is 21.3 Å². The molecular weight excluding hydrogens is 318 g/mol. The van der Waals surface area contributed by atoms with Crippen LogP contribution in [0.4, 0.5) is 8.78 Å². The molecule has 1 N–H and O–H groups in total. The molecule has 2 rings (SSSR count). The zero-order chi connectivity index (χ0) is 16.5. The van der Waals surface area contributed by atoms with Crippen molar-refractivity contribution in [1.82, 2.24) is 5.01 Å². The van der Waals surface area contributed by atoms with E-state index in [1.54, 1.807) is 25.1 Å². The highest BCUT2D eigenvalue weighted by molar-refractivity contribution is 6.30. The molecule has 1 aliphatic heterocycles. The van der Waals surface area contributed by atoms with Crippen LogP contribution >= 0.6 is 11.6 Å². The zero-order valence-electron chi connectivity index (χ0n) is 12.0. The Morgan fingerprint density at radius 1 is 1.55 bits per heavy atom. The predicted octanol–water partition coefficient (Wildman–Crippen LogP) is 2.59. The predicted molar refractivity (Wildman–Crippen MR) is 77.2 cm³/mol. The van der Waals surface area contributed by atoms with Crippen LogP contribution in [0.2, 0.25) is 5.02 Å². The van der Waals surface area contributed by atoms with E-state index in [0.717, 1.165) is 0 Å². The first-order chi connectivity index (χ1) is 10.2. The Bertz CT molecular complexity index is 624. The molecule has 0 saturated heterocycles. The number of alkyl halides is 2. The summed E-state index contributed by atoms with van der Waals surface area (Å²) in [6.07, 6.45) is -3.52. The van der Waals surface area contributed by atoms with Crippen LogP contribution in [0.15, 0.2) is 23.3 Å². The monoisotopic (exact) mass is 332 g/mol. The molecule has 0 aromatic heterocycles. The molecule has 0 bridgehead atoms. The molecule has 1 aromatic carbocycles. The van der Waals surface area contributed by atoms with Crippen LogP contribution < -0.4 is 4.74 Å². The summed E-state index contributed by atoms with van der Waals surface area (Å²) in [5.74, 6) is -0.452. The van der Waals surface area contributed by atoms with Crippen LogP contribution in [0.3, 0.4) is 0 Å². The maximum Gasteiger partial charge on any atom is 0.287 e. The van der Waals surface area contributed by atoms with Crippen molar-refractivity contribution in [2.75, 3.05) is 6.61 Å². The maximum absolute atomic E-state index is 13.0. The molecule has 22 heavy (non-hydrogen) atoms. The SMILES string of the molecule is CC1=NN(C(=O)COc2ccc(Cl)cc2C)[C@@](O)(C(F)F)C1. The van der Waals surface area contributed by atoms with E-state index in [1.165, 1.54) is 6.92 Å². The van der Waals surface area contributed by atoms with Gasteiger partial charge in [-0.2, -0.15) is 10.1 Å². The van der Waals surface area contributed by atoms with Gasteiger partial charge in [-0.05, 0) is 37.6 Å². The third kappa shape index (κ3) is 3.20. The fourth-order valence-corrected chi connectivity index (χ4v) is 2.39. The highest BCUT2D eigenvalue weighted by Gasteiger charge is 2.50. The molecule has 5 nitrogen and oxygen atoms in total. The topological polar surface area (TPSA) is 62.1 Å². The summed E-state index contributed by atoms with van der Waals surface area (Å²) in [4.78, 5) is 12.0. The van der Waals surface area contributed by atoms with Crippen molar-refractivity contribution in [3.05, 3.63) is 28.8 Å². The summed E-state index contributed by atoms with van der Waals surface area (Å²) in [6.45, 7) is 2.68. The molecule has 8 heteroatoms. The number of amides is 1. The number of hydrogen-bond acceptors (Lipinski definition) is 4. The normalized spacial score (nSPS) is 21.2. The molecule has 1 aliphatic rings. The molecule has 0 aliphatic carbocycles. The van der Waals surface area contributed by atoms with Crippen LogP contribution in [0.25, 0.3) is 0 Å². The highest BCUT2D eigenvalue weighted by Crippen LogP contribution is 2.31. The number of benzene rings is 1. The summed E-state index contributed by atoms with van der Waals surface area (Å²) in [5.41, 5.74) is -1.66. The lowest BCUT2D eigenvalue weighted by molar-refractivity contribution is -0.193. The minimum absolute atomic E-state index is 0.249. The first kappa shape index (κ1) is 16.6. The van der Waals surface area contributed by atoms with Gasteiger partial charge in [0, 0.05) is 17.2 Å². The van der Waals surface area contributed by atoms with E-state index in [-0.39, 0.29) is 5.71 Å². The molecule has 120 valence electrons. The Balaban J connectivity index is 2.08. The Hall–Kier alpha value is -1.73. The number of nitrogens with zero attached hydrogens (tertiary/aromatic N) is 2. The Morgan fingerprint density at radius 2 is 2.23 bits per heavy atom. The van der Waals surface area contributed by atoms with Crippen molar-refractivity contribution < 1.29 is 23.4 Å². The van der Waals surface area contributed by atoms with Crippen molar-refractivity contribution in [2.24, 2.45) is 5.10 Å². The van der Waals surface area contributed by atoms with Crippen LogP contribution in [0.1, 0.15) is 18.9 Å². The molecular formula is C14H15ClF2N2O3. The Kier molecular flexibility index (Phi) is 4.67. The smallest absolute Gasteiger partial charge is 0.287 e. The summed E-state index contributed by atoms with van der Waals surface area (Å²) in [7, 11) is 0. The van der Waals surface area contributed by atoms with E-state index in [9.17, 15) is 18.7 Å². The molecule has 1 atom stereocenters. The van der Waals surface area contributed by atoms with Gasteiger partial charge in [-0.3, -0.25) is 4.79 Å². The number of hydrazone groups is 1.